The maximum atomic E-state index is 11.6. The average Bonchev–Trinajstić information content (AvgIpc) is 3.36. The molecule has 0 fully saturated rings. The predicted molar refractivity (Wildman–Crippen MR) is 160 cm³/mol. The van der Waals surface area contributed by atoms with Crippen molar-refractivity contribution in [1.29, 1.82) is 0 Å². The van der Waals surface area contributed by atoms with Gasteiger partial charge in [0.1, 0.15) is 5.76 Å². The van der Waals surface area contributed by atoms with E-state index in [2.05, 4.69) is 71.0 Å². The number of allylic oxidation sites excluding steroid dienone is 4. The van der Waals surface area contributed by atoms with E-state index in [0.29, 0.717) is 30.4 Å². The summed E-state index contributed by atoms with van der Waals surface area (Å²) in [6, 6.07) is 15.6. The van der Waals surface area contributed by atoms with Gasteiger partial charge in [-0.3, -0.25) is 0 Å². The molecule has 2 heterocycles. The van der Waals surface area contributed by atoms with Crippen molar-refractivity contribution >= 4 is 11.4 Å². The highest BCUT2D eigenvalue weighted by atomic mass is 16.6. The highest BCUT2D eigenvalue weighted by molar-refractivity contribution is 5.77. The Hall–Kier alpha value is -4.63. The SMILES string of the molecule is C=C(/C=C\C(=C/CC)c1ccc(-c2ccccc2C)n1Cc1ccc(OC)c([N+](=O)[O-])n1)O/C(=C/CNC)NC. The maximum Gasteiger partial charge on any atom is 0.406 e. The van der Waals surface area contributed by atoms with Crippen LogP contribution in [0.3, 0.4) is 0 Å². The molecule has 0 aliphatic heterocycles. The smallest absolute Gasteiger partial charge is 0.406 e. The Morgan fingerprint density at radius 2 is 1.90 bits per heavy atom. The quantitative estimate of drug-likeness (QED) is 0.112. The second-order valence-electron chi connectivity index (χ2n) is 8.94. The van der Waals surface area contributed by atoms with Gasteiger partial charge in [0, 0.05) is 30.5 Å². The van der Waals surface area contributed by atoms with Crippen molar-refractivity contribution in [2.75, 3.05) is 27.7 Å². The molecule has 9 nitrogen and oxygen atoms in total. The molecule has 3 aromatic rings. The Morgan fingerprint density at radius 1 is 1.12 bits per heavy atom. The van der Waals surface area contributed by atoms with Gasteiger partial charge < -0.3 is 34.8 Å². The first-order valence-corrected chi connectivity index (χ1v) is 13.0. The van der Waals surface area contributed by atoms with Gasteiger partial charge in [0.2, 0.25) is 5.75 Å². The molecule has 0 spiro atoms. The third-order valence-electron chi connectivity index (χ3n) is 6.16. The Bertz CT molecular complexity index is 1440. The van der Waals surface area contributed by atoms with E-state index in [1.54, 1.807) is 19.2 Å². The second-order valence-corrected chi connectivity index (χ2v) is 8.94. The number of hydrogen-bond acceptors (Lipinski definition) is 7. The van der Waals surface area contributed by atoms with Gasteiger partial charge in [0.15, 0.2) is 11.6 Å². The van der Waals surface area contributed by atoms with Crippen LogP contribution in [-0.2, 0) is 11.3 Å². The van der Waals surface area contributed by atoms with Gasteiger partial charge in [-0.1, -0.05) is 43.8 Å². The molecule has 0 radical (unpaired) electrons. The van der Waals surface area contributed by atoms with E-state index < -0.39 is 4.92 Å². The fourth-order valence-electron chi connectivity index (χ4n) is 4.23. The van der Waals surface area contributed by atoms with E-state index in [4.69, 9.17) is 9.47 Å². The zero-order valence-electron chi connectivity index (χ0n) is 23.7. The number of rotatable bonds is 14. The number of methoxy groups -OCH3 is 1. The number of nitro groups is 1. The number of nitrogens with one attached hydrogen (secondary N) is 2. The lowest BCUT2D eigenvalue weighted by molar-refractivity contribution is -0.390. The molecule has 0 aliphatic rings. The summed E-state index contributed by atoms with van der Waals surface area (Å²) in [6.07, 6.45) is 8.61. The van der Waals surface area contributed by atoms with Crippen molar-refractivity contribution in [3.63, 3.8) is 0 Å². The Balaban J connectivity index is 2.07. The summed E-state index contributed by atoms with van der Waals surface area (Å²) < 4.78 is 13.1. The summed E-state index contributed by atoms with van der Waals surface area (Å²) in [6.45, 7) is 9.15. The van der Waals surface area contributed by atoms with Crippen molar-refractivity contribution < 1.29 is 14.4 Å². The molecule has 0 unspecified atom stereocenters. The Labute approximate surface area is 235 Å². The zero-order valence-corrected chi connectivity index (χ0v) is 23.7. The number of ether oxygens (including phenoxy) is 2. The van der Waals surface area contributed by atoms with Gasteiger partial charge in [-0.2, -0.15) is 0 Å². The largest absolute Gasteiger partial charge is 0.489 e. The standard InChI is InChI=1S/C31H37N5O4/c1-7-10-24(14-13-23(3)40-30(33-5)19-20-32-4)27-16-17-28(26-12-9-8-11-22(26)2)35(27)21-25-15-18-29(39-6)31(34-25)36(37)38/h8-19,32-33H,3,7,20-21H2,1-2,4-6H3/b14-13-,24-10+,30-19+. The molecule has 2 N–H and O–H groups in total. The van der Waals surface area contributed by atoms with Crippen LogP contribution in [0.4, 0.5) is 5.82 Å². The van der Waals surface area contributed by atoms with Crippen molar-refractivity contribution in [2.24, 2.45) is 0 Å². The summed E-state index contributed by atoms with van der Waals surface area (Å²) in [4.78, 5) is 15.4. The van der Waals surface area contributed by atoms with Crippen LogP contribution in [0.15, 0.2) is 91.1 Å². The molecule has 0 amide bonds. The fourth-order valence-corrected chi connectivity index (χ4v) is 4.23. The van der Waals surface area contributed by atoms with Gasteiger partial charge in [-0.05, 0) is 83.9 Å². The maximum absolute atomic E-state index is 11.6. The average molecular weight is 544 g/mol. The van der Waals surface area contributed by atoms with Crippen LogP contribution in [0.25, 0.3) is 16.8 Å². The van der Waals surface area contributed by atoms with Gasteiger partial charge in [-0.15, -0.1) is 0 Å². The topological polar surface area (TPSA) is 103 Å². The number of pyridine rings is 1. The summed E-state index contributed by atoms with van der Waals surface area (Å²) >= 11 is 0. The summed E-state index contributed by atoms with van der Waals surface area (Å²) in [7, 11) is 5.05. The number of likely N-dealkylation sites (N-methyl/N-ethyl adjacent to an activating group) is 1. The van der Waals surface area contributed by atoms with E-state index >= 15 is 0 Å². The Morgan fingerprint density at radius 3 is 2.55 bits per heavy atom. The van der Waals surface area contributed by atoms with Crippen LogP contribution < -0.4 is 15.4 Å². The molecule has 3 rings (SSSR count). The third-order valence-corrected chi connectivity index (χ3v) is 6.16. The normalized spacial score (nSPS) is 12.0. The van der Waals surface area contributed by atoms with Crippen molar-refractivity contribution in [2.45, 2.75) is 26.8 Å². The van der Waals surface area contributed by atoms with Crippen LogP contribution >= 0.6 is 0 Å². The summed E-state index contributed by atoms with van der Waals surface area (Å²) in [5.74, 6) is 0.889. The van der Waals surface area contributed by atoms with Crippen molar-refractivity contribution in [3.8, 4) is 17.0 Å². The Kier molecular flexibility index (Phi) is 10.8. The first-order chi connectivity index (χ1) is 19.3. The minimum atomic E-state index is -0.525. The lowest BCUT2D eigenvalue weighted by Crippen LogP contribution is -2.13. The van der Waals surface area contributed by atoms with Crippen molar-refractivity contribution in [1.82, 2.24) is 20.2 Å². The lowest BCUT2D eigenvalue weighted by Gasteiger charge is -2.15. The van der Waals surface area contributed by atoms with E-state index in [9.17, 15) is 10.1 Å². The molecular formula is C31H37N5O4. The minimum Gasteiger partial charge on any atom is -0.489 e. The summed E-state index contributed by atoms with van der Waals surface area (Å²) in [5.41, 5.74) is 5.60. The highest BCUT2D eigenvalue weighted by Gasteiger charge is 2.21. The lowest BCUT2D eigenvalue weighted by atomic mass is 10.1. The van der Waals surface area contributed by atoms with Crippen LogP contribution in [0.1, 0.15) is 30.3 Å². The van der Waals surface area contributed by atoms with E-state index in [1.807, 2.05) is 37.4 Å². The summed E-state index contributed by atoms with van der Waals surface area (Å²) in [5, 5.41) is 17.7. The molecule has 1 aromatic carbocycles. The van der Waals surface area contributed by atoms with Gasteiger partial charge in [0.05, 0.1) is 13.7 Å². The van der Waals surface area contributed by atoms with E-state index in [0.717, 1.165) is 34.5 Å². The first kappa shape index (κ1) is 29.9. The number of aryl methyl sites for hydroxylation is 1. The highest BCUT2D eigenvalue weighted by Crippen LogP contribution is 2.32. The van der Waals surface area contributed by atoms with Gasteiger partial charge in [0.25, 0.3) is 0 Å². The number of aromatic nitrogens is 2. The van der Waals surface area contributed by atoms with Crippen LogP contribution in [0.2, 0.25) is 0 Å². The predicted octanol–water partition coefficient (Wildman–Crippen LogP) is 5.98. The fraction of sp³-hybridized carbons (Fsp3) is 0.258. The van der Waals surface area contributed by atoms with Crippen LogP contribution in [0.5, 0.6) is 5.75 Å². The molecule has 0 aliphatic carbocycles. The molecule has 0 bridgehead atoms. The third kappa shape index (κ3) is 7.48. The van der Waals surface area contributed by atoms with Crippen LogP contribution in [-0.4, -0.2) is 42.2 Å². The van der Waals surface area contributed by atoms with Crippen molar-refractivity contribution in [3.05, 3.63) is 118 Å². The molecule has 0 saturated heterocycles. The molecular weight excluding hydrogens is 506 g/mol. The molecule has 9 heteroatoms. The molecule has 210 valence electrons. The molecule has 2 aromatic heterocycles. The zero-order chi connectivity index (χ0) is 29.1. The monoisotopic (exact) mass is 543 g/mol. The minimum absolute atomic E-state index is 0.123. The molecule has 40 heavy (non-hydrogen) atoms. The van der Waals surface area contributed by atoms with Crippen LogP contribution in [0, 0.1) is 17.0 Å². The van der Waals surface area contributed by atoms with Gasteiger partial charge >= 0.3 is 5.82 Å². The molecule has 0 atom stereocenters. The number of benzene rings is 1. The second kappa shape index (κ2) is 14.5. The van der Waals surface area contributed by atoms with Gasteiger partial charge in [-0.25, -0.2) is 0 Å². The first-order valence-electron chi connectivity index (χ1n) is 13.0. The number of hydrogen-bond donors (Lipinski definition) is 2. The molecule has 0 saturated carbocycles. The van der Waals surface area contributed by atoms with E-state index in [1.165, 1.54) is 7.11 Å². The number of nitrogens with zero attached hydrogens (tertiary/aromatic N) is 3. The van der Waals surface area contributed by atoms with E-state index in [-0.39, 0.29) is 11.6 Å².